The Morgan fingerprint density at radius 2 is 2.14 bits per heavy atom. The van der Waals surface area contributed by atoms with Gasteiger partial charge in [0.2, 0.25) is 0 Å². The summed E-state index contributed by atoms with van der Waals surface area (Å²) in [5, 5.41) is 34.3. The lowest BCUT2D eigenvalue weighted by atomic mass is 10.1. The molecule has 9 nitrogen and oxygen atoms in total. The molecule has 4 N–H and O–H groups in total. The van der Waals surface area contributed by atoms with Crippen molar-refractivity contribution in [2.24, 2.45) is 5.92 Å². The van der Waals surface area contributed by atoms with E-state index in [1.54, 1.807) is 19.2 Å². The number of anilines is 1. The second-order valence-corrected chi connectivity index (χ2v) is 7.40. The van der Waals surface area contributed by atoms with E-state index in [1.807, 2.05) is 0 Å². The molecule has 0 bridgehead atoms. The summed E-state index contributed by atoms with van der Waals surface area (Å²) in [7, 11) is 0. The minimum Gasteiger partial charge on any atom is -0.387 e. The number of nitrogens with zero attached hydrogens (tertiary/aromatic N) is 3. The van der Waals surface area contributed by atoms with E-state index < -0.39 is 30.6 Å². The largest absolute Gasteiger partial charge is 0.387 e. The molecule has 29 heavy (non-hydrogen) atoms. The van der Waals surface area contributed by atoms with E-state index in [2.05, 4.69) is 33.7 Å². The van der Waals surface area contributed by atoms with Crippen LogP contribution in [0.1, 0.15) is 26.0 Å². The van der Waals surface area contributed by atoms with Crippen LogP contribution in [-0.4, -0.2) is 60.2 Å². The second kappa shape index (κ2) is 7.57. The number of fused-ring (bicyclic) bond motifs is 1. The van der Waals surface area contributed by atoms with Gasteiger partial charge in [-0.1, -0.05) is 18.4 Å². The van der Waals surface area contributed by atoms with Gasteiger partial charge in [-0.3, -0.25) is 4.79 Å². The van der Waals surface area contributed by atoms with Crippen molar-refractivity contribution in [3.8, 4) is 11.8 Å². The van der Waals surface area contributed by atoms with Gasteiger partial charge >= 0.3 is 0 Å². The van der Waals surface area contributed by atoms with Crippen molar-refractivity contribution in [3.63, 3.8) is 0 Å². The van der Waals surface area contributed by atoms with Crippen molar-refractivity contribution in [1.82, 2.24) is 14.5 Å². The van der Waals surface area contributed by atoms with Gasteiger partial charge in [0.05, 0.1) is 5.39 Å². The van der Waals surface area contributed by atoms with Gasteiger partial charge < -0.3 is 29.9 Å². The number of ether oxygens (including phenoxy) is 1. The van der Waals surface area contributed by atoms with Crippen LogP contribution in [0.15, 0.2) is 30.7 Å². The number of aromatic nitrogens is 3. The molecule has 2 aliphatic rings. The molecule has 2 aromatic rings. The predicted octanol–water partition coefficient (Wildman–Crippen LogP) is 0.339. The normalized spacial score (nSPS) is 27.3. The van der Waals surface area contributed by atoms with Crippen LogP contribution in [0.25, 0.3) is 11.0 Å². The number of amides is 1. The Balaban J connectivity index is 1.60. The molecule has 1 saturated heterocycles. The van der Waals surface area contributed by atoms with Crippen molar-refractivity contribution in [1.29, 1.82) is 0 Å². The highest BCUT2D eigenvalue weighted by molar-refractivity contribution is 6.06. The molecule has 3 heterocycles. The maximum absolute atomic E-state index is 11.9. The molecule has 9 heteroatoms. The summed E-state index contributed by atoms with van der Waals surface area (Å²) in [6.45, 7) is 5.18. The number of rotatable bonds is 4. The zero-order valence-corrected chi connectivity index (χ0v) is 15.8. The Morgan fingerprint density at radius 3 is 2.83 bits per heavy atom. The third kappa shape index (κ3) is 3.75. The van der Waals surface area contributed by atoms with Crippen LogP contribution < -0.4 is 5.32 Å². The van der Waals surface area contributed by atoms with Gasteiger partial charge in [0, 0.05) is 17.7 Å². The molecule has 1 amide bonds. The first-order valence-electron chi connectivity index (χ1n) is 9.36. The maximum atomic E-state index is 11.9. The fourth-order valence-corrected chi connectivity index (χ4v) is 3.18. The zero-order valence-electron chi connectivity index (χ0n) is 15.8. The van der Waals surface area contributed by atoms with Gasteiger partial charge in [-0.15, -0.1) is 0 Å². The zero-order chi connectivity index (χ0) is 20.7. The second-order valence-electron chi connectivity index (χ2n) is 7.40. The Bertz CT molecular complexity index is 1020. The summed E-state index contributed by atoms with van der Waals surface area (Å²) in [5.74, 6) is 5.85. The van der Waals surface area contributed by atoms with Crippen LogP contribution in [-0.2, 0) is 9.53 Å². The van der Waals surface area contributed by atoms with Crippen molar-refractivity contribution >= 4 is 22.8 Å². The topological polar surface area (TPSA) is 130 Å². The van der Waals surface area contributed by atoms with E-state index in [9.17, 15) is 20.1 Å². The molecular formula is C20H22N4O5. The average molecular weight is 398 g/mol. The molecule has 1 unspecified atom stereocenters. The Kier molecular flexibility index (Phi) is 5.10. The summed E-state index contributed by atoms with van der Waals surface area (Å²) in [6, 6.07) is 1.67. The lowest BCUT2D eigenvalue weighted by molar-refractivity contribution is -0.112. The molecule has 1 aliphatic carbocycles. The lowest BCUT2D eigenvalue weighted by Crippen LogP contribution is -2.38. The van der Waals surface area contributed by atoms with Gasteiger partial charge in [0.15, 0.2) is 6.23 Å². The summed E-state index contributed by atoms with van der Waals surface area (Å²) in [5.41, 5.74) is 0.727. The average Bonchev–Trinajstić information content (AvgIpc) is 3.36. The quantitative estimate of drug-likeness (QED) is 0.432. The molecule has 4 rings (SSSR count). The molecule has 5 atom stereocenters. The number of hydrogen-bond acceptors (Lipinski definition) is 7. The molecule has 0 aromatic carbocycles. The molecule has 1 aliphatic heterocycles. The third-order valence-corrected chi connectivity index (χ3v) is 5.00. The first-order chi connectivity index (χ1) is 13.9. The number of hydrogen-bond donors (Lipinski definition) is 4. The highest BCUT2D eigenvalue weighted by atomic mass is 16.6. The summed E-state index contributed by atoms with van der Waals surface area (Å²) < 4.78 is 7.29. The molecule has 0 radical (unpaired) electrons. The Hall–Kier alpha value is -2.77. The maximum Gasteiger partial charge on any atom is 0.251 e. The van der Waals surface area contributed by atoms with Gasteiger partial charge in [-0.05, 0) is 25.8 Å². The number of carbonyl (C=O) groups excluding carboxylic acids is 1. The molecule has 2 aromatic heterocycles. The number of carbonyl (C=O) groups is 1. The van der Waals surface area contributed by atoms with E-state index in [-0.39, 0.29) is 5.91 Å². The van der Waals surface area contributed by atoms with Gasteiger partial charge in [0.1, 0.15) is 42.2 Å². The van der Waals surface area contributed by atoms with Crippen LogP contribution in [0.2, 0.25) is 0 Å². The van der Waals surface area contributed by atoms with E-state index in [4.69, 9.17) is 4.74 Å². The molecule has 2 fully saturated rings. The number of nitrogens with one attached hydrogen (secondary N) is 1. The van der Waals surface area contributed by atoms with Crippen molar-refractivity contribution < 1.29 is 24.9 Å². The molecule has 0 spiro atoms. The van der Waals surface area contributed by atoms with Gasteiger partial charge in [-0.2, -0.15) is 0 Å². The summed E-state index contributed by atoms with van der Waals surface area (Å²) in [6.07, 6.45) is -0.947. The van der Waals surface area contributed by atoms with Crippen molar-refractivity contribution in [2.45, 2.75) is 50.4 Å². The Morgan fingerprint density at radius 1 is 1.38 bits per heavy atom. The minimum atomic E-state index is -1.31. The monoisotopic (exact) mass is 398 g/mol. The first-order valence-corrected chi connectivity index (χ1v) is 9.36. The van der Waals surface area contributed by atoms with Crippen LogP contribution in [0.4, 0.5) is 5.82 Å². The number of aliphatic hydroxyl groups is 3. The van der Waals surface area contributed by atoms with Crippen LogP contribution >= 0.6 is 0 Å². The highest BCUT2D eigenvalue weighted by Crippen LogP contribution is 2.34. The lowest BCUT2D eigenvalue weighted by Gasteiger charge is -2.18. The van der Waals surface area contributed by atoms with E-state index in [0.29, 0.717) is 28.3 Å². The summed E-state index contributed by atoms with van der Waals surface area (Å²) >= 11 is 0. The van der Waals surface area contributed by atoms with Crippen LogP contribution in [0.5, 0.6) is 0 Å². The number of aliphatic hydroxyl groups excluding tert-OH is 3. The molecule has 152 valence electrons. The fourth-order valence-electron chi connectivity index (χ4n) is 3.18. The third-order valence-electron chi connectivity index (χ3n) is 5.00. The van der Waals surface area contributed by atoms with E-state index >= 15 is 0 Å². The van der Waals surface area contributed by atoms with E-state index in [0.717, 1.165) is 12.8 Å². The smallest absolute Gasteiger partial charge is 0.251 e. The summed E-state index contributed by atoms with van der Waals surface area (Å²) in [4.78, 5) is 20.2. The van der Waals surface area contributed by atoms with Crippen LogP contribution in [0, 0.1) is 17.8 Å². The Labute approximate surface area is 167 Å². The first kappa shape index (κ1) is 19.5. The van der Waals surface area contributed by atoms with E-state index in [1.165, 1.54) is 10.9 Å². The standard InChI is InChI=1S/C20H22N4O5/c1-10(2)19(28)23-17-12-7-8-24(18(12)22-9-21-17)20-15(27)14(26)16(29-20)13(25)6-5-11-3-4-11/h7-9,11,13-16,20,25-27H,1,3-4H2,2H3,(H,21,22,23,28)/t13?,14-,15+,16+,20+/m0/s1. The molecule has 1 saturated carbocycles. The fraction of sp³-hybridized carbons (Fsp3) is 0.450. The van der Waals surface area contributed by atoms with Crippen molar-refractivity contribution in [3.05, 3.63) is 30.7 Å². The van der Waals surface area contributed by atoms with Gasteiger partial charge in [-0.25, -0.2) is 9.97 Å². The predicted molar refractivity (Wildman–Crippen MR) is 103 cm³/mol. The van der Waals surface area contributed by atoms with Crippen molar-refractivity contribution in [2.75, 3.05) is 5.32 Å². The van der Waals surface area contributed by atoms with Crippen LogP contribution in [0.3, 0.4) is 0 Å². The SMILES string of the molecule is C=C(C)C(=O)Nc1ncnc2c1ccn2[C@@H]1O[C@H](C(O)C#CC2CC2)[C@@H](O)[C@H]1O. The highest BCUT2D eigenvalue weighted by Gasteiger charge is 2.47. The minimum absolute atomic E-state index is 0.293. The van der Waals surface area contributed by atoms with Gasteiger partial charge in [0.25, 0.3) is 5.91 Å². The molecular weight excluding hydrogens is 376 g/mol.